The number of nitrogens with one attached hydrogen (secondary N) is 1. The standard InChI is InChI=1S/C12H18N2O/c1-9-8-12(13-6-7-15)10-4-2-3-5-11(10)14-9/h8,15H,2-7H2,1H3,(H,13,14). The van der Waals surface area contributed by atoms with E-state index in [1.54, 1.807) is 0 Å². The summed E-state index contributed by atoms with van der Waals surface area (Å²) < 4.78 is 0. The van der Waals surface area contributed by atoms with Crippen molar-refractivity contribution in [3.8, 4) is 0 Å². The van der Waals surface area contributed by atoms with Crippen molar-refractivity contribution in [2.24, 2.45) is 0 Å². The number of hydrogen-bond acceptors (Lipinski definition) is 3. The lowest BCUT2D eigenvalue weighted by atomic mass is 9.94. The lowest BCUT2D eigenvalue weighted by Gasteiger charge is -2.20. The maximum Gasteiger partial charge on any atom is 0.0604 e. The summed E-state index contributed by atoms with van der Waals surface area (Å²) in [5.41, 5.74) is 4.85. The van der Waals surface area contributed by atoms with Gasteiger partial charge in [0, 0.05) is 23.6 Å². The molecule has 0 saturated carbocycles. The van der Waals surface area contributed by atoms with Gasteiger partial charge in [-0.25, -0.2) is 0 Å². The van der Waals surface area contributed by atoms with Crippen LogP contribution < -0.4 is 5.32 Å². The minimum Gasteiger partial charge on any atom is -0.395 e. The Morgan fingerprint density at radius 1 is 1.40 bits per heavy atom. The summed E-state index contributed by atoms with van der Waals surface area (Å²) in [7, 11) is 0. The van der Waals surface area contributed by atoms with Crippen LogP contribution in [0.3, 0.4) is 0 Å². The monoisotopic (exact) mass is 206 g/mol. The van der Waals surface area contributed by atoms with Crippen molar-refractivity contribution in [2.45, 2.75) is 32.6 Å². The summed E-state index contributed by atoms with van der Waals surface area (Å²) in [6.07, 6.45) is 4.73. The lowest BCUT2D eigenvalue weighted by molar-refractivity contribution is 0.311. The average Bonchev–Trinajstić information content (AvgIpc) is 2.25. The molecule has 1 aliphatic rings. The van der Waals surface area contributed by atoms with Crippen LogP contribution in [-0.2, 0) is 12.8 Å². The van der Waals surface area contributed by atoms with Crippen LogP contribution in [0.15, 0.2) is 6.07 Å². The fourth-order valence-electron chi connectivity index (χ4n) is 2.19. The number of aliphatic hydroxyl groups excluding tert-OH is 1. The Labute approximate surface area is 90.5 Å². The zero-order valence-electron chi connectivity index (χ0n) is 9.21. The second-order valence-corrected chi connectivity index (χ2v) is 4.09. The summed E-state index contributed by atoms with van der Waals surface area (Å²) in [6.45, 7) is 2.82. The number of aliphatic hydroxyl groups is 1. The first-order valence-electron chi connectivity index (χ1n) is 5.65. The third kappa shape index (κ3) is 2.29. The van der Waals surface area contributed by atoms with Gasteiger partial charge in [-0.3, -0.25) is 4.98 Å². The fourth-order valence-corrected chi connectivity index (χ4v) is 2.19. The molecule has 0 bridgehead atoms. The molecular weight excluding hydrogens is 188 g/mol. The van der Waals surface area contributed by atoms with Gasteiger partial charge < -0.3 is 10.4 Å². The molecule has 1 aliphatic carbocycles. The van der Waals surface area contributed by atoms with Crippen LogP contribution in [-0.4, -0.2) is 23.2 Å². The van der Waals surface area contributed by atoms with Crippen molar-refractivity contribution in [3.63, 3.8) is 0 Å². The number of aryl methyl sites for hydroxylation is 2. The quantitative estimate of drug-likeness (QED) is 0.790. The predicted octanol–water partition coefficient (Wildman–Crippen LogP) is 1.67. The first kappa shape index (κ1) is 10.4. The molecule has 3 heteroatoms. The summed E-state index contributed by atoms with van der Waals surface area (Å²) in [6, 6.07) is 2.08. The number of pyridine rings is 1. The molecule has 0 spiro atoms. The van der Waals surface area contributed by atoms with Gasteiger partial charge in [-0.1, -0.05) is 0 Å². The van der Waals surface area contributed by atoms with E-state index in [0.717, 1.165) is 18.5 Å². The van der Waals surface area contributed by atoms with Crippen molar-refractivity contribution in [1.82, 2.24) is 4.98 Å². The second-order valence-electron chi connectivity index (χ2n) is 4.09. The minimum absolute atomic E-state index is 0.177. The van der Waals surface area contributed by atoms with Gasteiger partial charge in [0.25, 0.3) is 0 Å². The molecule has 0 aliphatic heterocycles. The Kier molecular flexibility index (Phi) is 3.21. The fraction of sp³-hybridized carbons (Fsp3) is 0.583. The molecule has 0 fully saturated rings. The number of anilines is 1. The Balaban J connectivity index is 2.30. The molecule has 3 nitrogen and oxygen atoms in total. The van der Waals surface area contributed by atoms with E-state index in [1.165, 1.54) is 29.8 Å². The molecule has 2 rings (SSSR count). The topological polar surface area (TPSA) is 45.1 Å². The van der Waals surface area contributed by atoms with Crippen molar-refractivity contribution < 1.29 is 5.11 Å². The van der Waals surface area contributed by atoms with E-state index in [2.05, 4.69) is 16.4 Å². The van der Waals surface area contributed by atoms with Crippen LogP contribution in [0.4, 0.5) is 5.69 Å². The van der Waals surface area contributed by atoms with Gasteiger partial charge in [0.2, 0.25) is 0 Å². The van der Waals surface area contributed by atoms with E-state index in [0.29, 0.717) is 6.54 Å². The highest BCUT2D eigenvalue weighted by molar-refractivity contribution is 5.54. The van der Waals surface area contributed by atoms with E-state index in [4.69, 9.17) is 5.11 Å². The van der Waals surface area contributed by atoms with Gasteiger partial charge in [0.1, 0.15) is 0 Å². The summed E-state index contributed by atoms with van der Waals surface area (Å²) in [4.78, 5) is 4.58. The normalized spacial score (nSPS) is 14.8. The summed E-state index contributed by atoms with van der Waals surface area (Å²) >= 11 is 0. The van der Waals surface area contributed by atoms with Gasteiger partial charge in [0.05, 0.1) is 6.61 Å². The van der Waals surface area contributed by atoms with Crippen LogP contribution in [0.5, 0.6) is 0 Å². The van der Waals surface area contributed by atoms with Crippen molar-refractivity contribution in [3.05, 3.63) is 23.0 Å². The van der Waals surface area contributed by atoms with Gasteiger partial charge >= 0.3 is 0 Å². The summed E-state index contributed by atoms with van der Waals surface area (Å²) in [5.74, 6) is 0. The average molecular weight is 206 g/mol. The van der Waals surface area contributed by atoms with Crippen molar-refractivity contribution in [2.75, 3.05) is 18.5 Å². The Bertz CT molecular complexity index is 350. The Morgan fingerprint density at radius 3 is 3.00 bits per heavy atom. The molecule has 2 N–H and O–H groups in total. The molecule has 0 atom stereocenters. The zero-order chi connectivity index (χ0) is 10.7. The van der Waals surface area contributed by atoms with Gasteiger partial charge in [-0.15, -0.1) is 0 Å². The molecule has 82 valence electrons. The van der Waals surface area contributed by atoms with E-state index in [-0.39, 0.29) is 6.61 Å². The molecule has 0 unspecified atom stereocenters. The number of nitrogens with zero attached hydrogens (tertiary/aromatic N) is 1. The second kappa shape index (κ2) is 4.62. The van der Waals surface area contributed by atoms with Gasteiger partial charge in [0.15, 0.2) is 0 Å². The third-order valence-electron chi connectivity index (χ3n) is 2.86. The van der Waals surface area contributed by atoms with Crippen molar-refractivity contribution >= 4 is 5.69 Å². The summed E-state index contributed by atoms with van der Waals surface area (Å²) in [5, 5.41) is 12.1. The molecule has 15 heavy (non-hydrogen) atoms. The van der Waals surface area contributed by atoms with Crippen LogP contribution in [0.2, 0.25) is 0 Å². The molecule has 0 radical (unpaired) electrons. The van der Waals surface area contributed by atoms with Crippen molar-refractivity contribution in [1.29, 1.82) is 0 Å². The van der Waals surface area contributed by atoms with Crippen LogP contribution in [0, 0.1) is 6.92 Å². The molecule has 1 heterocycles. The predicted molar refractivity (Wildman–Crippen MR) is 61.2 cm³/mol. The molecule has 1 aromatic rings. The maximum atomic E-state index is 8.82. The van der Waals surface area contributed by atoms with Crippen LogP contribution in [0.1, 0.15) is 29.8 Å². The first-order chi connectivity index (χ1) is 7.31. The van der Waals surface area contributed by atoms with Crippen LogP contribution >= 0.6 is 0 Å². The highest BCUT2D eigenvalue weighted by Gasteiger charge is 2.14. The zero-order valence-corrected chi connectivity index (χ0v) is 9.21. The van der Waals surface area contributed by atoms with E-state index in [9.17, 15) is 0 Å². The maximum absolute atomic E-state index is 8.82. The van der Waals surface area contributed by atoms with E-state index < -0.39 is 0 Å². The Morgan fingerprint density at radius 2 is 2.20 bits per heavy atom. The molecule has 0 aromatic carbocycles. The van der Waals surface area contributed by atoms with Gasteiger partial charge in [-0.05, 0) is 44.2 Å². The smallest absolute Gasteiger partial charge is 0.0604 e. The highest BCUT2D eigenvalue weighted by atomic mass is 16.3. The number of hydrogen-bond donors (Lipinski definition) is 2. The lowest BCUT2D eigenvalue weighted by Crippen LogP contribution is -2.13. The number of aromatic nitrogens is 1. The number of fused-ring (bicyclic) bond motifs is 1. The van der Waals surface area contributed by atoms with E-state index in [1.807, 2.05) is 6.92 Å². The SMILES string of the molecule is Cc1cc(NCCO)c2c(n1)CCCC2. The minimum atomic E-state index is 0.177. The molecular formula is C12H18N2O. The highest BCUT2D eigenvalue weighted by Crippen LogP contribution is 2.27. The Hall–Kier alpha value is -1.09. The molecule has 1 aromatic heterocycles. The molecule has 0 saturated heterocycles. The van der Waals surface area contributed by atoms with Crippen LogP contribution in [0.25, 0.3) is 0 Å². The number of rotatable bonds is 3. The van der Waals surface area contributed by atoms with Gasteiger partial charge in [-0.2, -0.15) is 0 Å². The van der Waals surface area contributed by atoms with E-state index >= 15 is 0 Å². The molecule has 0 amide bonds. The first-order valence-corrected chi connectivity index (χ1v) is 5.65. The largest absolute Gasteiger partial charge is 0.395 e. The third-order valence-corrected chi connectivity index (χ3v) is 2.86.